The average molecular weight is 322 g/mol. The predicted octanol–water partition coefficient (Wildman–Crippen LogP) is 0.863. The number of carbonyl (C=O) groups is 2. The van der Waals surface area contributed by atoms with E-state index in [0.29, 0.717) is 10.9 Å². The Bertz CT molecular complexity index is 489. The Morgan fingerprint density at radius 1 is 1.25 bits per heavy atom. The summed E-state index contributed by atoms with van der Waals surface area (Å²) in [6.45, 7) is 0. The number of carbonyl (C=O) groups excluding carboxylic acids is 2. The van der Waals surface area contributed by atoms with E-state index in [-0.39, 0.29) is 23.6 Å². The highest BCUT2D eigenvalue weighted by atomic mass is 35.5. The molecule has 2 N–H and O–H groups in total. The maximum absolute atomic E-state index is 11.0. The van der Waals surface area contributed by atoms with Crippen molar-refractivity contribution in [3.05, 3.63) is 5.28 Å². The van der Waals surface area contributed by atoms with Gasteiger partial charge in [0.25, 0.3) is 0 Å². The van der Waals surface area contributed by atoms with E-state index in [9.17, 15) is 9.59 Å². The Morgan fingerprint density at radius 3 is 2.65 bits per heavy atom. The molecule has 1 amide bonds. The quantitative estimate of drug-likeness (QED) is 0.447. The standard InChI is InChI=1S/C9H12ClN5O4S/c1-18-5(16)3-4-20-8-12-6(10)11-7(13-8)14-15-9(17)19-2/h3-4H2,1-2H3,(H,15,17)(H,11,12,13,14). The molecule has 0 aliphatic rings. The summed E-state index contributed by atoms with van der Waals surface area (Å²) in [7, 11) is 2.53. The lowest BCUT2D eigenvalue weighted by atomic mass is 10.5. The highest BCUT2D eigenvalue weighted by Crippen LogP contribution is 2.17. The number of esters is 1. The van der Waals surface area contributed by atoms with Crippen molar-refractivity contribution in [3.8, 4) is 0 Å². The number of amides is 1. The van der Waals surface area contributed by atoms with Gasteiger partial charge in [0, 0.05) is 5.75 Å². The van der Waals surface area contributed by atoms with E-state index in [0.717, 1.165) is 0 Å². The third-order valence-electron chi connectivity index (χ3n) is 1.81. The van der Waals surface area contributed by atoms with Crippen LogP contribution in [0.15, 0.2) is 5.16 Å². The molecule has 0 atom stereocenters. The van der Waals surface area contributed by atoms with Gasteiger partial charge < -0.3 is 9.47 Å². The zero-order valence-corrected chi connectivity index (χ0v) is 12.2. The van der Waals surface area contributed by atoms with Crippen LogP contribution in [0.1, 0.15) is 6.42 Å². The SMILES string of the molecule is COC(=O)CCSc1nc(Cl)nc(NNC(=O)OC)n1. The third-order valence-corrected chi connectivity index (χ3v) is 2.83. The number of anilines is 1. The molecule has 9 nitrogen and oxygen atoms in total. The topological polar surface area (TPSA) is 115 Å². The van der Waals surface area contributed by atoms with Crippen LogP contribution in [0.2, 0.25) is 5.28 Å². The van der Waals surface area contributed by atoms with Crippen molar-refractivity contribution < 1.29 is 19.1 Å². The highest BCUT2D eigenvalue weighted by Gasteiger charge is 2.08. The molecule has 110 valence electrons. The van der Waals surface area contributed by atoms with E-state index >= 15 is 0 Å². The number of halogens is 1. The van der Waals surface area contributed by atoms with E-state index in [1.54, 1.807) is 0 Å². The molecule has 0 bridgehead atoms. The number of hydrogen-bond donors (Lipinski definition) is 2. The lowest BCUT2D eigenvalue weighted by Gasteiger charge is -2.06. The summed E-state index contributed by atoms with van der Waals surface area (Å²) in [5, 5.41) is 0.262. The predicted molar refractivity (Wildman–Crippen MR) is 71.4 cm³/mol. The molecule has 0 aliphatic heterocycles. The molecule has 1 aromatic heterocycles. The minimum atomic E-state index is -0.707. The van der Waals surface area contributed by atoms with E-state index in [1.165, 1.54) is 26.0 Å². The van der Waals surface area contributed by atoms with Gasteiger partial charge in [0.15, 0.2) is 5.16 Å². The number of nitrogens with one attached hydrogen (secondary N) is 2. The summed E-state index contributed by atoms with van der Waals surface area (Å²) in [6.07, 6.45) is -0.491. The van der Waals surface area contributed by atoms with E-state index in [4.69, 9.17) is 11.6 Å². The van der Waals surface area contributed by atoms with Crippen LogP contribution in [0.3, 0.4) is 0 Å². The van der Waals surface area contributed by atoms with Gasteiger partial charge in [-0.3, -0.25) is 10.2 Å². The van der Waals surface area contributed by atoms with Crippen LogP contribution in [0.5, 0.6) is 0 Å². The third kappa shape index (κ3) is 5.89. The molecule has 1 rings (SSSR count). The van der Waals surface area contributed by atoms with Crippen LogP contribution in [0, 0.1) is 0 Å². The van der Waals surface area contributed by atoms with Crippen LogP contribution in [-0.4, -0.2) is 47.0 Å². The van der Waals surface area contributed by atoms with Gasteiger partial charge in [-0.2, -0.15) is 15.0 Å². The second-order valence-corrected chi connectivity index (χ2v) is 4.53. The summed E-state index contributed by atoms with van der Waals surface area (Å²) < 4.78 is 8.87. The molecule has 20 heavy (non-hydrogen) atoms. The first-order valence-electron chi connectivity index (χ1n) is 5.26. The minimum absolute atomic E-state index is 0.0465. The molecule has 0 unspecified atom stereocenters. The number of aromatic nitrogens is 3. The number of hydrogen-bond acceptors (Lipinski definition) is 9. The zero-order valence-electron chi connectivity index (χ0n) is 10.7. The maximum Gasteiger partial charge on any atom is 0.425 e. The van der Waals surface area contributed by atoms with Gasteiger partial charge in [0.1, 0.15) is 0 Å². The first kappa shape index (κ1) is 16.2. The number of rotatable bonds is 6. The van der Waals surface area contributed by atoms with Crippen molar-refractivity contribution in [1.29, 1.82) is 0 Å². The minimum Gasteiger partial charge on any atom is -0.469 e. The van der Waals surface area contributed by atoms with Gasteiger partial charge in [0.05, 0.1) is 20.6 Å². The molecular formula is C9H12ClN5O4S. The lowest BCUT2D eigenvalue weighted by Crippen LogP contribution is -2.30. The number of nitrogens with zero attached hydrogens (tertiary/aromatic N) is 3. The summed E-state index contributed by atoms with van der Waals surface area (Å²) in [5.74, 6) is 0.149. The van der Waals surface area contributed by atoms with Gasteiger partial charge >= 0.3 is 12.1 Å². The molecule has 0 fully saturated rings. The van der Waals surface area contributed by atoms with Crippen molar-refractivity contribution in [3.63, 3.8) is 0 Å². The van der Waals surface area contributed by atoms with Crippen molar-refractivity contribution in [2.45, 2.75) is 11.6 Å². The van der Waals surface area contributed by atoms with Gasteiger partial charge in [-0.15, -0.1) is 0 Å². The van der Waals surface area contributed by atoms with E-state index in [1.807, 2.05) is 0 Å². The lowest BCUT2D eigenvalue weighted by molar-refractivity contribution is -0.140. The molecular weight excluding hydrogens is 310 g/mol. The van der Waals surface area contributed by atoms with E-state index < -0.39 is 6.09 Å². The Labute approximate surface area is 123 Å². The van der Waals surface area contributed by atoms with Crippen molar-refractivity contribution in [2.24, 2.45) is 0 Å². The number of methoxy groups -OCH3 is 2. The Hall–Kier alpha value is -1.81. The normalized spacial score (nSPS) is 9.75. The molecule has 0 aromatic carbocycles. The first-order chi connectivity index (χ1) is 9.55. The van der Waals surface area contributed by atoms with Gasteiger partial charge in [-0.25, -0.2) is 10.2 Å². The van der Waals surface area contributed by atoms with Crippen molar-refractivity contribution in [1.82, 2.24) is 20.4 Å². The molecule has 0 radical (unpaired) electrons. The molecule has 0 spiro atoms. The number of hydrazine groups is 1. The van der Waals surface area contributed by atoms with Crippen LogP contribution in [0.25, 0.3) is 0 Å². The van der Waals surface area contributed by atoms with Crippen LogP contribution >= 0.6 is 23.4 Å². The Morgan fingerprint density at radius 2 is 2.00 bits per heavy atom. The Balaban J connectivity index is 2.57. The summed E-state index contributed by atoms with van der Waals surface area (Å²) in [5.41, 5.74) is 4.59. The van der Waals surface area contributed by atoms with Crippen LogP contribution in [-0.2, 0) is 14.3 Å². The van der Waals surface area contributed by atoms with Crippen LogP contribution in [0.4, 0.5) is 10.7 Å². The monoisotopic (exact) mass is 321 g/mol. The average Bonchev–Trinajstić information content (AvgIpc) is 2.44. The molecule has 1 aromatic rings. The fourth-order valence-electron chi connectivity index (χ4n) is 0.938. The summed E-state index contributed by atoms with van der Waals surface area (Å²) in [6, 6.07) is 0. The van der Waals surface area contributed by atoms with Crippen LogP contribution < -0.4 is 10.9 Å². The van der Waals surface area contributed by atoms with Crippen molar-refractivity contribution >= 4 is 41.4 Å². The fraction of sp³-hybridized carbons (Fsp3) is 0.444. The molecule has 1 heterocycles. The molecule has 0 saturated heterocycles. The molecule has 0 aliphatic carbocycles. The summed E-state index contributed by atoms with van der Waals surface area (Å²) >= 11 is 6.92. The maximum atomic E-state index is 11.0. The largest absolute Gasteiger partial charge is 0.469 e. The van der Waals surface area contributed by atoms with Gasteiger partial charge in [-0.1, -0.05) is 11.8 Å². The Kier molecular flexibility index (Phi) is 6.81. The van der Waals surface area contributed by atoms with Crippen molar-refractivity contribution in [2.75, 3.05) is 25.4 Å². The molecule has 0 saturated carbocycles. The first-order valence-corrected chi connectivity index (χ1v) is 6.62. The zero-order chi connectivity index (χ0) is 15.0. The second kappa shape index (κ2) is 8.38. The van der Waals surface area contributed by atoms with Gasteiger partial charge in [-0.05, 0) is 11.6 Å². The highest BCUT2D eigenvalue weighted by molar-refractivity contribution is 7.99. The second-order valence-electron chi connectivity index (χ2n) is 3.13. The molecule has 11 heteroatoms. The number of thioether (sulfide) groups is 1. The fourth-order valence-corrected chi connectivity index (χ4v) is 1.90. The van der Waals surface area contributed by atoms with Gasteiger partial charge in [0.2, 0.25) is 11.2 Å². The number of ether oxygens (including phenoxy) is 2. The smallest absolute Gasteiger partial charge is 0.425 e. The van der Waals surface area contributed by atoms with E-state index in [2.05, 4.69) is 35.3 Å². The summed E-state index contributed by atoms with van der Waals surface area (Å²) in [4.78, 5) is 33.5.